The Morgan fingerprint density at radius 2 is 2.29 bits per heavy atom. The predicted octanol–water partition coefficient (Wildman–Crippen LogP) is 1.23. The van der Waals surface area contributed by atoms with Gasteiger partial charge in [-0.1, -0.05) is 13.8 Å². The second-order valence-electron chi connectivity index (χ2n) is 4.52. The minimum Gasteiger partial charge on any atom is -0.342 e. The van der Waals surface area contributed by atoms with Gasteiger partial charge >= 0.3 is 0 Å². The van der Waals surface area contributed by atoms with Gasteiger partial charge in [-0.3, -0.25) is 4.79 Å². The van der Waals surface area contributed by atoms with Crippen LogP contribution in [0.25, 0.3) is 0 Å². The third-order valence-corrected chi connectivity index (χ3v) is 3.11. The lowest BCUT2D eigenvalue weighted by Crippen LogP contribution is -2.42. The number of carbonyl (C=O) groups excluding carboxylic acids is 1. The minimum absolute atomic E-state index is 0.315. The zero-order valence-electron chi connectivity index (χ0n) is 9.33. The highest BCUT2D eigenvalue weighted by Gasteiger charge is 2.26. The Hall–Kier alpha value is -0.570. The van der Waals surface area contributed by atoms with E-state index in [0.29, 0.717) is 24.3 Å². The summed E-state index contributed by atoms with van der Waals surface area (Å²) in [5, 5.41) is 0. The molecule has 0 aromatic heterocycles. The van der Waals surface area contributed by atoms with E-state index in [1.807, 2.05) is 4.90 Å². The maximum Gasteiger partial charge on any atom is 0.222 e. The first-order valence-corrected chi connectivity index (χ1v) is 5.63. The van der Waals surface area contributed by atoms with Crippen molar-refractivity contribution in [1.29, 1.82) is 0 Å². The van der Waals surface area contributed by atoms with Crippen LogP contribution in [0.15, 0.2) is 0 Å². The zero-order chi connectivity index (χ0) is 10.6. The summed E-state index contributed by atoms with van der Waals surface area (Å²) in [6.07, 6.45) is 2.72. The molecule has 0 radical (unpaired) electrons. The molecule has 1 saturated heterocycles. The van der Waals surface area contributed by atoms with Crippen LogP contribution in [0.3, 0.4) is 0 Å². The van der Waals surface area contributed by atoms with Crippen molar-refractivity contribution in [2.45, 2.75) is 33.1 Å². The van der Waals surface area contributed by atoms with Crippen molar-refractivity contribution in [3.05, 3.63) is 0 Å². The molecule has 1 amide bonds. The van der Waals surface area contributed by atoms with Crippen molar-refractivity contribution in [2.75, 3.05) is 19.6 Å². The third-order valence-electron chi connectivity index (χ3n) is 3.11. The average Bonchev–Trinajstić information content (AvgIpc) is 2.16. The first-order chi connectivity index (χ1) is 6.65. The maximum atomic E-state index is 11.6. The van der Waals surface area contributed by atoms with Crippen molar-refractivity contribution in [3.8, 4) is 0 Å². The van der Waals surface area contributed by atoms with Crippen LogP contribution >= 0.6 is 0 Å². The fourth-order valence-electron chi connectivity index (χ4n) is 1.99. The molecule has 0 aliphatic carbocycles. The molecule has 1 rings (SSSR count). The topological polar surface area (TPSA) is 46.3 Å². The van der Waals surface area contributed by atoms with Crippen LogP contribution in [0.2, 0.25) is 0 Å². The van der Waals surface area contributed by atoms with Gasteiger partial charge in [0.25, 0.3) is 0 Å². The van der Waals surface area contributed by atoms with Gasteiger partial charge in [0.2, 0.25) is 5.91 Å². The standard InChI is InChI=1S/C11H22N2O/c1-9(2)10-4-5-11(14)13(8-10)7-3-6-12/h9-10H,3-8,12H2,1-2H3. The van der Waals surface area contributed by atoms with Crippen LogP contribution in [0, 0.1) is 11.8 Å². The van der Waals surface area contributed by atoms with Crippen molar-refractivity contribution in [1.82, 2.24) is 4.90 Å². The summed E-state index contributed by atoms with van der Waals surface area (Å²) in [5.41, 5.74) is 5.45. The van der Waals surface area contributed by atoms with E-state index in [-0.39, 0.29) is 0 Å². The molecule has 0 aromatic carbocycles. The van der Waals surface area contributed by atoms with E-state index >= 15 is 0 Å². The number of nitrogens with zero attached hydrogens (tertiary/aromatic N) is 1. The number of hydrogen-bond acceptors (Lipinski definition) is 2. The molecule has 1 fully saturated rings. The second kappa shape index (κ2) is 5.35. The van der Waals surface area contributed by atoms with Gasteiger partial charge in [0.1, 0.15) is 0 Å². The first kappa shape index (κ1) is 11.5. The fraction of sp³-hybridized carbons (Fsp3) is 0.909. The number of hydrogen-bond donors (Lipinski definition) is 1. The highest BCUT2D eigenvalue weighted by atomic mass is 16.2. The molecular formula is C11H22N2O. The van der Waals surface area contributed by atoms with Crippen molar-refractivity contribution >= 4 is 5.91 Å². The molecule has 0 bridgehead atoms. The Morgan fingerprint density at radius 3 is 2.86 bits per heavy atom. The monoisotopic (exact) mass is 198 g/mol. The zero-order valence-corrected chi connectivity index (χ0v) is 9.33. The molecule has 14 heavy (non-hydrogen) atoms. The molecule has 1 unspecified atom stereocenters. The normalized spacial score (nSPS) is 23.3. The fourth-order valence-corrected chi connectivity index (χ4v) is 1.99. The van der Waals surface area contributed by atoms with E-state index in [2.05, 4.69) is 13.8 Å². The first-order valence-electron chi connectivity index (χ1n) is 5.63. The number of nitrogens with two attached hydrogens (primary N) is 1. The predicted molar refractivity (Wildman–Crippen MR) is 57.8 cm³/mol. The van der Waals surface area contributed by atoms with Gasteiger partial charge in [0.15, 0.2) is 0 Å². The average molecular weight is 198 g/mol. The van der Waals surface area contributed by atoms with E-state index in [9.17, 15) is 4.79 Å². The van der Waals surface area contributed by atoms with Crippen LogP contribution < -0.4 is 5.73 Å². The molecule has 0 saturated carbocycles. The van der Waals surface area contributed by atoms with Gasteiger partial charge in [-0.05, 0) is 31.2 Å². The summed E-state index contributed by atoms with van der Waals surface area (Å²) in [6, 6.07) is 0. The molecule has 1 heterocycles. The van der Waals surface area contributed by atoms with Crippen LogP contribution in [0.4, 0.5) is 0 Å². The molecule has 82 valence electrons. The van der Waals surface area contributed by atoms with Crippen LogP contribution in [0.1, 0.15) is 33.1 Å². The summed E-state index contributed by atoms with van der Waals surface area (Å²) in [7, 11) is 0. The molecule has 1 aliphatic heterocycles. The number of amides is 1. The quantitative estimate of drug-likeness (QED) is 0.738. The van der Waals surface area contributed by atoms with Crippen molar-refractivity contribution in [2.24, 2.45) is 17.6 Å². The molecule has 0 spiro atoms. The molecule has 1 atom stereocenters. The van der Waals surface area contributed by atoms with E-state index in [0.717, 1.165) is 32.4 Å². The Labute approximate surface area is 86.6 Å². The lowest BCUT2D eigenvalue weighted by atomic mass is 9.87. The second-order valence-corrected chi connectivity index (χ2v) is 4.52. The lowest BCUT2D eigenvalue weighted by Gasteiger charge is -2.34. The molecule has 3 nitrogen and oxygen atoms in total. The van der Waals surface area contributed by atoms with Crippen LogP contribution in [-0.4, -0.2) is 30.4 Å². The van der Waals surface area contributed by atoms with Gasteiger partial charge in [-0.25, -0.2) is 0 Å². The SMILES string of the molecule is CC(C)C1CCC(=O)N(CCCN)C1. The smallest absolute Gasteiger partial charge is 0.222 e. The number of likely N-dealkylation sites (tertiary alicyclic amines) is 1. The molecule has 2 N–H and O–H groups in total. The molecule has 3 heteroatoms. The van der Waals surface area contributed by atoms with Crippen LogP contribution in [0.5, 0.6) is 0 Å². The molecule has 0 aromatic rings. The summed E-state index contributed by atoms with van der Waals surface area (Å²) in [4.78, 5) is 13.5. The van der Waals surface area contributed by atoms with Crippen molar-refractivity contribution in [3.63, 3.8) is 0 Å². The third kappa shape index (κ3) is 2.98. The summed E-state index contributed by atoms with van der Waals surface area (Å²) >= 11 is 0. The highest BCUT2D eigenvalue weighted by molar-refractivity contribution is 5.76. The van der Waals surface area contributed by atoms with Gasteiger partial charge in [-0.15, -0.1) is 0 Å². The van der Waals surface area contributed by atoms with Gasteiger partial charge in [0, 0.05) is 19.5 Å². The Balaban J connectivity index is 2.42. The summed E-state index contributed by atoms with van der Waals surface area (Å²) in [5.74, 6) is 1.68. The van der Waals surface area contributed by atoms with Gasteiger partial charge in [-0.2, -0.15) is 0 Å². The van der Waals surface area contributed by atoms with Gasteiger partial charge in [0.05, 0.1) is 0 Å². The molecular weight excluding hydrogens is 176 g/mol. The maximum absolute atomic E-state index is 11.6. The van der Waals surface area contributed by atoms with E-state index in [1.54, 1.807) is 0 Å². The summed E-state index contributed by atoms with van der Waals surface area (Å²) in [6.45, 7) is 6.94. The van der Waals surface area contributed by atoms with Crippen molar-refractivity contribution < 1.29 is 4.79 Å². The van der Waals surface area contributed by atoms with E-state index < -0.39 is 0 Å². The number of rotatable bonds is 4. The molecule has 1 aliphatic rings. The number of carbonyl (C=O) groups is 1. The van der Waals surface area contributed by atoms with Gasteiger partial charge < -0.3 is 10.6 Å². The largest absolute Gasteiger partial charge is 0.342 e. The van der Waals surface area contributed by atoms with E-state index in [1.165, 1.54) is 0 Å². The Bertz CT molecular complexity index is 192. The number of piperidine rings is 1. The Kier molecular flexibility index (Phi) is 4.39. The highest BCUT2D eigenvalue weighted by Crippen LogP contribution is 2.24. The summed E-state index contributed by atoms with van der Waals surface area (Å²) < 4.78 is 0. The van der Waals surface area contributed by atoms with Crippen LogP contribution in [-0.2, 0) is 4.79 Å². The van der Waals surface area contributed by atoms with E-state index in [4.69, 9.17) is 5.73 Å². The minimum atomic E-state index is 0.315. The Morgan fingerprint density at radius 1 is 1.57 bits per heavy atom. The lowest BCUT2D eigenvalue weighted by molar-refractivity contribution is -0.135.